The predicted octanol–water partition coefficient (Wildman–Crippen LogP) is 3.64. The lowest BCUT2D eigenvalue weighted by Gasteiger charge is -2.22. The molecular weight excluding hydrogens is 341 g/mol. The van der Waals surface area contributed by atoms with Crippen molar-refractivity contribution in [3.8, 4) is 16.9 Å². The topological polar surface area (TPSA) is 77.9 Å². The maximum atomic E-state index is 14.4. The molecule has 3 rings (SSSR count). The third-order valence-corrected chi connectivity index (χ3v) is 4.21. The van der Waals surface area contributed by atoms with Crippen molar-refractivity contribution in [2.24, 2.45) is 0 Å². The minimum atomic E-state index is -1.19. The van der Waals surface area contributed by atoms with E-state index < -0.39 is 11.8 Å². The largest absolute Gasteiger partial charge is 0.496 e. The number of aromatic carboxylic acids is 1. The fraction of sp³-hybridized carbons (Fsp3) is 0.368. The molecule has 138 valence electrons. The number of hydrogen-bond acceptors (Lipinski definition) is 5. The van der Waals surface area contributed by atoms with Gasteiger partial charge in [-0.25, -0.2) is 9.18 Å². The average molecular weight is 361 g/mol. The molecule has 0 bridgehead atoms. The highest BCUT2D eigenvalue weighted by molar-refractivity contribution is 5.96. The Morgan fingerprint density at radius 2 is 2.27 bits per heavy atom. The molecule has 1 aliphatic rings. The molecule has 0 radical (unpaired) electrons. The summed E-state index contributed by atoms with van der Waals surface area (Å²) in [5.41, 5.74) is 0.672. The van der Waals surface area contributed by atoms with Crippen molar-refractivity contribution in [2.45, 2.75) is 32.2 Å². The van der Waals surface area contributed by atoms with E-state index in [9.17, 15) is 14.3 Å². The van der Waals surface area contributed by atoms with Crippen molar-refractivity contribution in [1.29, 1.82) is 0 Å². The Hall–Kier alpha value is -2.51. The van der Waals surface area contributed by atoms with Crippen LogP contribution in [0.3, 0.4) is 0 Å². The fourth-order valence-electron chi connectivity index (χ4n) is 2.91. The summed E-state index contributed by atoms with van der Waals surface area (Å²) in [5, 5.41) is 9.45. The summed E-state index contributed by atoms with van der Waals surface area (Å²) < 4.78 is 30.8. The first-order chi connectivity index (χ1) is 12.6. The van der Waals surface area contributed by atoms with Gasteiger partial charge in [-0.1, -0.05) is 6.07 Å². The van der Waals surface area contributed by atoms with Crippen molar-refractivity contribution in [2.75, 3.05) is 13.7 Å². The van der Waals surface area contributed by atoms with E-state index in [1.54, 1.807) is 6.07 Å². The quantitative estimate of drug-likeness (QED) is 0.846. The molecule has 6 nitrogen and oxygen atoms in total. The van der Waals surface area contributed by atoms with E-state index in [2.05, 4.69) is 4.98 Å². The van der Waals surface area contributed by atoms with E-state index in [1.165, 1.54) is 31.5 Å². The highest BCUT2D eigenvalue weighted by Gasteiger charge is 2.21. The van der Waals surface area contributed by atoms with Gasteiger partial charge in [0.05, 0.1) is 30.5 Å². The Morgan fingerprint density at radius 1 is 1.42 bits per heavy atom. The summed E-state index contributed by atoms with van der Waals surface area (Å²) in [5.74, 6) is -1.51. The molecule has 26 heavy (non-hydrogen) atoms. The molecule has 0 spiro atoms. The van der Waals surface area contributed by atoms with Gasteiger partial charge < -0.3 is 19.3 Å². The summed E-state index contributed by atoms with van der Waals surface area (Å²) in [7, 11) is 1.41. The first-order valence-electron chi connectivity index (χ1n) is 8.38. The van der Waals surface area contributed by atoms with E-state index >= 15 is 0 Å². The summed E-state index contributed by atoms with van der Waals surface area (Å²) >= 11 is 0. The number of aromatic nitrogens is 1. The molecule has 2 heterocycles. The van der Waals surface area contributed by atoms with Crippen LogP contribution in [-0.2, 0) is 16.1 Å². The lowest BCUT2D eigenvalue weighted by atomic mass is 9.99. The molecule has 1 N–H and O–H groups in total. The van der Waals surface area contributed by atoms with E-state index in [0.717, 1.165) is 19.3 Å². The monoisotopic (exact) mass is 361 g/mol. The second kappa shape index (κ2) is 8.25. The third kappa shape index (κ3) is 4.00. The van der Waals surface area contributed by atoms with Crippen LogP contribution < -0.4 is 4.74 Å². The smallest absolute Gasteiger partial charge is 0.337 e. The number of rotatable bonds is 6. The molecule has 2 aromatic rings. The number of carboxylic acids is 1. The molecule has 7 heteroatoms. The van der Waals surface area contributed by atoms with Gasteiger partial charge in [0.15, 0.2) is 6.29 Å². The predicted molar refractivity (Wildman–Crippen MR) is 91.5 cm³/mol. The van der Waals surface area contributed by atoms with Gasteiger partial charge in [0.25, 0.3) is 0 Å². The van der Waals surface area contributed by atoms with Gasteiger partial charge >= 0.3 is 5.97 Å². The van der Waals surface area contributed by atoms with Gasteiger partial charge in [0.1, 0.15) is 11.6 Å². The summed E-state index contributed by atoms with van der Waals surface area (Å²) in [6.45, 7) is 0.808. The maximum Gasteiger partial charge on any atom is 0.337 e. The normalized spacial score (nSPS) is 17.1. The van der Waals surface area contributed by atoms with Crippen LogP contribution in [0.15, 0.2) is 30.5 Å². The Balaban J connectivity index is 1.94. The zero-order valence-electron chi connectivity index (χ0n) is 14.4. The van der Waals surface area contributed by atoms with E-state index in [1.807, 2.05) is 0 Å². The Labute approximate surface area is 150 Å². The molecule has 1 aromatic heterocycles. The molecular formula is C19H20FNO5. The van der Waals surface area contributed by atoms with Crippen molar-refractivity contribution in [3.63, 3.8) is 0 Å². The van der Waals surface area contributed by atoms with Crippen LogP contribution in [-0.4, -0.2) is 36.1 Å². The lowest BCUT2D eigenvalue weighted by molar-refractivity contribution is -0.169. The van der Waals surface area contributed by atoms with Crippen LogP contribution in [0.2, 0.25) is 0 Å². The Kier molecular flexibility index (Phi) is 5.80. The van der Waals surface area contributed by atoms with Crippen LogP contribution in [0.25, 0.3) is 11.1 Å². The number of nitrogens with zero attached hydrogens (tertiary/aromatic N) is 1. The van der Waals surface area contributed by atoms with Crippen LogP contribution in [0.5, 0.6) is 5.75 Å². The first kappa shape index (κ1) is 18.3. The first-order valence-corrected chi connectivity index (χ1v) is 8.38. The van der Waals surface area contributed by atoms with E-state index in [4.69, 9.17) is 14.2 Å². The van der Waals surface area contributed by atoms with E-state index in [0.29, 0.717) is 12.3 Å². The van der Waals surface area contributed by atoms with Gasteiger partial charge in [-0.2, -0.15) is 0 Å². The molecule has 0 aliphatic carbocycles. The van der Waals surface area contributed by atoms with Gasteiger partial charge in [-0.3, -0.25) is 4.98 Å². The highest BCUT2D eigenvalue weighted by Crippen LogP contribution is 2.35. The Morgan fingerprint density at radius 3 is 2.96 bits per heavy atom. The second-order valence-corrected chi connectivity index (χ2v) is 5.95. The van der Waals surface area contributed by atoms with Crippen molar-refractivity contribution < 1.29 is 28.5 Å². The van der Waals surface area contributed by atoms with Crippen molar-refractivity contribution in [1.82, 2.24) is 4.98 Å². The SMILES string of the molecule is COc1cccc(F)c1-c1cc(COC2CCCCO2)ncc1C(=O)O. The molecule has 1 aliphatic heterocycles. The molecule has 0 amide bonds. The molecule has 1 unspecified atom stereocenters. The van der Waals surface area contributed by atoms with Gasteiger partial charge in [0.2, 0.25) is 0 Å². The number of halogens is 1. The van der Waals surface area contributed by atoms with Gasteiger partial charge in [0, 0.05) is 18.4 Å². The second-order valence-electron chi connectivity index (χ2n) is 5.95. The van der Waals surface area contributed by atoms with Crippen LogP contribution in [0.1, 0.15) is 35.3 Å². The minimum absolute atomic E-state index is 0.0879. The Bertz CT molecular complexity index is 789. The lowest BCUT2D eigenvalue weighted by Crippen LogP contribution is -2.22. The highest BCUT2D eigenvalue weighted by atomic mass is 19.1. The van der Waals surface area contributed by atoms with Crippen LogP contribution in [0, 0.1) is 5.82 Å². The minimum Gasteiger partial charge on any atom is -0.496 e. The molecule has 1 atom stereocenters. The zero-order valence-corrected chi connectivity index (χ0v) is 14.4. The molecule has 1 aromatic carbocycles. The number of ether oxygens (including phenoxy) is 3. The average Bonchev–Trinajstić information content (AvgIpc) is 2.66. The number of hydrogen-bond donors (Lipinski definition) is 1. The van der Waals surface area contributed by atoms with Gasteiger partial charge in [-0.05, 0) is 37.5 Å². The summed E-state index contributed by atoms with van der Waals surface area (Å²) in [4.78, 5) is 15.7. The van der Waals surface area contributed by atoms with Gasteiger partial charge in [-0.15, -0.1) is 0 Å². The third-order valence-electron chi connectivity index (χ3n) is 4.21. The van der Waals surface area contributed by atoms with Crippen LogP contribution in [0.4, 0.5) is 4.39 Å². The maximum absolute atomic E-state index is 14.4. The van der Waals surface area contributed by atoms with Crippen molar-refractivity contribution in [3.05, 3.63) is 47.5 Å². The zero-order chi connectivity index (χ0) is 18.5. The standard InChI is InChI=1S/C19H20FNO5/c1-24-16-6-4-5-15(20)18(16)13-9-12(21-10-14(13)19(22)23)11-26-17-7-2-3-8-25-17/h4-6,9-10,17H,2-3,7-8,11H2,1H3,(H,22,23). The number of methoxy groups -OCH3 is 1. The number of pyridine rings is 1. The number of carboxylic acid groups (broad SMARTS) is 1. The number of carbonyl (C=O) groups is 1. The molecule has 1 fully saturated rings. The van der Waals surface area contributed by atoms with Crippen LogP contribution >= 0.6 is 0 Å². The molecule has 0 saturated carbocycles. The molecule has 1 saturated heterocycles. The summed E-state index contributed by atoms with van der Waals surface area (Å²) in [6.07, 6.45) is 3.78. The number of benzene rings is 1. The fourth-order valence-corrected chi connectivity index (χ4v) is 2.91. The van der Waals surface area contributed by atoms with Crippen molar-refractivity contribution >= 4 is 5.97 Å². The van der Waals surface area contributed by atoms with E-state index in [-0.39, 0.29) is 35.3 Å². The summed E-state index contributed by atoms with van der Waals surface area (Å²) in [6, 6.07) is 5.86.